The van der Waals surface area contributed by atoms with Gasteiger partial charge in [0, 0.05) is 30.1 Å². The van der Waals surface area contributed by atoms with Gasteiger partial charge in [0.1, 0.15) is 5.69 Å². The normalized spacial score (nSPS) is 15.0. The van der Waals surface area contributed by atoms with Gasteiger partial charge in [0.05, 0.1) is 18.0 Å². The highest BCUT2D eigenvalue weighted by atomic mass is 79.9. The van der Waals surface area contributed by atoms with Gasteiger partial charge in [0.2, 0.25) is 11.4 Å². The molecule has 3 aliphatic rings. The van der Waals surface area contributed by atoms with Crippen molar-refractivity contribution in [1.82, 2.24) is 14.5 Å². The van der Waals surface area contributed by atoms with Gasteiger partial charge < -0.3 is 14.3 Å². The summed E-state index contributed by atoms with van der Waals surface area (Å²) >= 11 is 3.38. The third kappa shape index (κ3) is 12.0. The number of ether oxygens (including phenoxy) is 1. The van der Waals surface area contributed by atoms with Gasteiger partial charge in [-0.1, -0.05) is 34.1 Å². The van der Waals surface area contributed by atoms with E-state index in [1.54, 1.807) is 34.9 Å². The molecule has 0 saturated heterocycles. The quantitative estimate of drug-likeness (QED) is 0.273. The Hall–Kier alpha value is -3.66. The summed E-state index contributed by atoms with van der Waals surface area (Å²) in [6.07, 6.45) is 9.87. The Labute approximate surface area is 241 Å². The fraction of sp³-hybridized carbons (Fsp3) is 0.400. The van der Waals surface area contributed by atoms with Crippen molar-refractivity contribution in [2.75, 3.05) is 11.9 Å². The summed E-state index contributed by atoms with van der Waals surface area (Å²) in [4.78, 5) is 59.1. The third-order valence-corrected chi connectivity index (χ3v) is 7.12. The number of hydrogen-bond donors (Lipinski definition) is 1. The van der Waals surface area contributed by atoms with Crippen LogP contribution >= 0.6 is 15.9 Å². The van der Waals surface area contributed by atoms with Crippen molar-refractivity contribution in [3.05, 3.63) is 92.4 Å². The number of alkyl halides is 1. The summed E-state index contributed by atoms with van der Waals surface area (Å²) in [5.41, 5.74) is 0.895. The number of carbonyl (C=O) groups is 3. The number of aromatic nitrogens is 3. The van der Waals surface area contributed by atoms with Crippen molar-refractivity contribution in [3.8, 4) is 5.88 Å². The minimum atomic E-state index is -0.250. The molecule has 1 N–H and O–H groups in total. The maximum atomic E-state index is 11.4. The fourth-order valence-electron chi connectivity index (χ4n) is 3.26. The summed E-state index contributed by atoms with van der Waals surface area (Å²) in [5, 5.41) is 1.23. The average molecular weight is 613 g/mol. The van der Waals surface area contributed by atoms with Crippen molar-refractivity contribution in [1.29, 1.82) is 0 Å². The Bertz CT molecular complexity index is 1360. The Balaban J connectivity index is 0.000000154. The highest BCUT2D eigenvalue weighted by Crippen LogP contribution is 2.31. The van der Waals surface area contributed by atoms with E-state index in [9.17, 15) is 24.0 Å². The van der Waals surface area contributed by atoms with Gasteiger partial charge in [-0.25, -0.2) is 4.98 Å². The molecule has 3 aromatic heterocycles. The van der Waals surface area contributed by atoms with Crippen LogP contribution in [0.15, 0.2) is 64.2 Å². The largest absolute Gasteiger partial charge is 0.477 e. The standard InChI is InChI=1S/2C10H11NO2.C6H5NO2.C4H7Br/c12-6-9-2-1-3-10(11-9)13-7-8-4-5-8;12-7-9-2-1-3-10(13)11(9)6-8-4-5-8;8-4-5-2-1-3-6(9)7-5;5-3-4-1-2-4/h1-3,6,8H,4-5,7H2;1-3,7-8H,4-6H2;1-4H,(H,7,9);4H,1-3H2. The highest BCUT2D eigenvalue weighted by Gasteiger charge is 2.23. The first kappa shape index (κ1) is 30.9. The molecule has 3 aromatic rings. The van der Waals surface area contributed by atoms with E-state index in [2.05, 4.69) is 25.9 Å². The molecule has 0 aromatic carbocycles. The van der Waals surface area contributed by atoms with Crippen LogP contribution in [0.5, 0.6) is 5.88 Å². The van der Waals surface area contributed by atoms with Crippen LogP contribution in [0.4, 0.5) is 0 Å². The molecule has 3 saturated carbocycles. The molecule has 0 unspecified atom stereocenters. The number of halogens is 1. The molecule has 6 rings (SSSR count). The SMILES string of the molecule is BrCC1CC1.O=Cc1cccc(=O)[nH]1.O=Cc1cccc(=O)n1CC1CC1.O=Cc1cccc(OCC2CC2)n1. The molecular formula is C30H34BrN3O6. The van der Waals surface area contributed by atoms with Crippen molar-refractivity contribution in [2.45, 2.75) is 45.1 Å². The number of aldehydes is 3. The Morgan fingerprint density at radius 1 is 0.825 bits per heavy atom. The van der Waals surface area contributed by atoms with E-state index in [1.165, 1.54) is 68.1 Å². The molecule has 3 aliphatic carbocycles. The molecule has 212 valence electrons. The van der Waals surface area contributed by atoms with Gasteiger partial charge in [-0.2, -0.15) is 0 Å². The zero-order valence-corrected chi connectivity index (χ0v) is 23.8. The summed E-state index contributed by atoms with van der Waals surface area (Å²) in [6, 6.07) is 14.4. The van der Waals surface area contributed by atoms with E-state index in [-0.39, 0.29) is 11.1 Å². The Kier molecular flexibility index (Phi) is 12.7. The van der Waals surface area contributed by atoms with Crippen LogP contribution in [0.2, 0.25) is 0 Å². The van der Waals surface area contributed by atoms with Crippen molar-refractivity contribution in [2.24, 2.45) is 17.8 Å². The van der Waals surface area contributed by atoms with Gasteiger partial charge in [-0.05, 0) is 74.5 Å². The van der Waals surface area contributed by atoms with Crippen molar-refractivity contribution in [3.63, 3.8) is 0 Å². The van der Waals surface area contributed by atoms with E-state index in [0.29, 0.717) is 47.6 Å². The topological polar surface area (TPSA) is 128 Å². The second-order valence-corrected chi connectivity index (χ2v) is 10.6. The summed E-state index contributed by atoms with van der Waals surface area (Å²) < 4.78 is 6.96. The van der Waals surface area contributed by atoms with E-state index in [4.69, 9.17) is 4.74 Å². The van der Waals surface area contributed by atoms with Gasteiger partial charge in [0.15, 0.2) is 18.9 Å². The first-order valence-electron chi connectivity index (χ1n) is 13.4. The Morgan fingerprint density at radius 3 is 2.02 bits per heavy atom. The molecule has 0 atom stereocenters. The number of rotatable bonds is 9. The molecule has 3 heterocycles. The van der Waals surface area contributed by atoms with Crippen LogP contribution in [0.25, 0.3) is 0 Å². The maximum Gasteiger partial charge on any atom is 0.251 e. The average Bonchev–Trinajstić information content (AvgIpc) is 3.84. The molecule has 0 bridgehead atoms. The lowest BCUT2D eigenvalue weighted by Crippen LogP contribution is -2.22. The van der Waals surface area contributed by atoms with Crippen LogP contribution < -0.4 is 15.9 Å². The smallest absolute Gasteiger partial charge is 0.251 e. The van der Waals surface area contributed by atoms with Gasteiger partial charge in [-0.3, -0.25) is 24.0 Å². The molecule has 0 amide bonds. The first-order chi connectivity index (χ1) is 19.4. The van der Waals surface area contributed by atoms with Crippen molar-refractivity contribution >= 4 is 34.8 Å². The predicted molar refractivity (Wildman–Crippen MR) is 156 cm³/mol. The predicted octanol–water partition coefficient (Wildman–Crippen LogP) is 4.73. The molecule has 0 radical (unpaired) electrons. The van der Waals surface area contributed by atoms with Gasteiger partial charge >= 0.3 is 0 Å². The minimum absolute atomic E-state index is 0.0727. The number of hydrogen-bond acceptors (Lipinski definition) is 7. The highest BCUT2D eigenvalue weighted by molar-refractivity contribution is 9.09. The molecular weight excluding hydrogens is 578 g/mol. The third-order valence-electron chi connectivity index (χ3n) is 6.20. The van der Waals surface area contributed by atoms with Crippen LogP contribution in [0.3, 0.4) is 0 Å². The van der Waals surface area contributed by atoms with Crippen molar-refractivity contribution < 1.29 is 19.1 Å². The summed E-state index contributed by atoms with van der Waals surface area (Å²) in [6.45, 7) is 1.43. The maximum absolute atomic E-state index is 11.4. The van der Waals surface area contributed by atoms with E-state index >= 15 is 0 Å². The zero-order valence-electron chi connectivity index (χ0n) is 22.2. The number of aromatic amines is 1. The fourth-order valence-corrected chi connectivity index (χ4v) is 3.91. The molecule has 3 fully saturated rings. The lowest BCUT2D eigenvalue weighted by atomic mass is 10.3. The van der Waals surface area contributed by atoms with Crippen LogP contribution in [0.1, 0.15) is 70.0 Å². The number of H-pyrrole nitrogens is 1. The monoisotopic (exact) mass is 611 g/mol. The number of nitrogens with one attached hydrogen (secondary N) is 1. The van der Waals surface area contributed by atoms with Crippen LogP contribution in [-0.2, 0) is 6.54 Å². The summed E-state index contributed by atoms with van der Waals surface area (Å²) in [7, 11) is 0. The lowest BCUT2D eigenvalue weighted by molar-refractivity contribution is 0.110. The van der Waals surface area contributed by atoms with Gasteiger partial charge in [0.25, 0.3) is 5.56 Å². The number of pyridine rings is 3. The molecule has 10 heteroatoms. The number of carbonyl (C=O) groups excluding carboxylic acids is 3. The minimum Gasteiger partial charge on any atom is -0.477 e. The molecule has 0 aliphatic heterocycles. The van der Waals surface area contributed by atoms with E-state index in [1.807, 2.05) is 0 Å². The van der Waals surface area contributed by atoms with E-state index < -0.39 is 0 Å². The second kappa shape index (κ2) is 16.4. The second-order valence-electron chi connectivity index (χ2n) is 9.92. The van der Waals surface area contributed by atoms with Crippen LogP contribution in [-0.4, -0.2) is 45.3 Å². The lowest BCUT2D eigenvalue weighted by Gasteiger charge is -2.06. The molecule has 9 nitrogen and oxygen atoms in total. The number of nitrogens with zero attached hydrogens (tertiary/aromatic N) is 2. The van der Waals surface area contributed by atoms with Gasteiger partial charge in [-0.15, -0.1) is 0 Å². The van der Waals surface area contributed by atoms with Crippen LogP contribution in [0, 0.1) is 17.8 Å². The Morgan fingerprint density at radius 2 is 1.50 bits per heavy atom. The first-order valence-corrected chi connectivity index (χ1v) is 14.5. The van der Waals surface area contributed by atoms with E-state index in [0.717, 1.165) is 25.1 Å². The summed E-state index contributed by atoms with van der Waals surface area (Å²) in [5.74, 6) is 2.92. The molecule has 0 spiro atoms. The molecule has 40 heavy (non-hydrogen) atoms. The zero-order chi connectivity index (χ0) is 28.7.